The fourth-order valence-electron chi connectivity index (χ4n) is 4.50. The maximum atomic E-state index is 14.7. The first-order valence-electron chi connectivity index (χ1n) is 11.8. The zero-order valence-corrected chi connectivity index (χ0v) is 19.9. The molecule has 0 spiro atoms. The summed E-state index contributed by atoms with van der Waals surface area (Å²) in [4.78, 5) is 25.7. The number of rotatable bonds is 6. The lowest BCUT2D eigenvalue weighted by Gasteiger charge is -2.36. The Morgan fingerprint density at radius 3 is 2.41 bits per heavy atom. The van der Waals surface area contributed by atoms with Crippen molar-refractivity contribution in [2.24, 2.45) is 0 Å². The number of aromatic nitrogens is 3. The van der Waals surface area contributed by atoms with Gasteiger partial charge in [-0.25, -0.2) is 27.5 Å². The van der Waals surface area contributed by atoms with Gasteiger partial charge < -0.3 is 14.8 Å². The molecular formula is C26H24F4N4O3. The van der Waals surface area contributed by atoms with Crippen LogP contribution in [0.25, 0.3) is 11.1 Å². The van der Waals surface area contributed by atoms with E-state index in [1.54, 1.807) is 0 Å². The third kappa shape index (κ3) is 5.41. The van der Waals surface area contributed by atoms with Crippen LogP contribution in [0.2, 0.25) is 0 Å². The van der Waals surface area contributed by atoms with E-state index in [9.17, 15) is 22.4 Å². The molecule has 3 heterocycles. The van der Waals surface area contributed by atoms with E-state index in [1.807, 2.05) is 6.92 Å². The largest absolute Gasteiger partial charge is 0.452 e. The van der Waals surface area contributed by atoms with Crippen LogP contribution in [0, 0.1) is 11.6 Å². The quantitative estimate of drug-likeness (QED) is 0.434. The molecule has 3 aromatic rings. The molecule has 194 valence electrons. The zero-order valence-electron chi connectivity index (χ0n) is 19.9. The number of hydrogen-bond acceptors (Lipinski definition) is 6. The van der Waals surface area contributed by atoms with E-state index >= 15 is 0 Å². The van der Waals surface area contributed by atoms with E-state index in [1.165, 1.54) is 24.7 Å². The molecule has 0 unspecified atom stereocenters. The molecule has 11 heteroatoms. The first kappa shape index (κ1) is 25.1. The molecule has 0 bridgehead atoms. The molecular weight excluding hydrogens is 492 g/mol. The van der Waals surface area contributed by atoms with Gasteiger partial charge in [0.15, 0.2) is 5.60 Å². The minimum absolute atomic E-state index is 0.0788. The molecule has 0 atom stereocenters. The topological polar surface area (TPSA) is 86.2 Å². The summed E-state index contributed by atoms with van der Waals surface area (Å²) in [6.45, 7) is 2.64. The van der Waals surface area contributed by atoms with Gasteiger partial charge in [-0.05, 0) is 44.0 Å². The predicted molar refractivity (Wildman–Crippen MR) is 126 cm³/mol. The van der Waals surface area contributed by atoms with Crippen LogP contribution in [0.5, 0.6) is 6.01 Å². The second kappa shape index (κ2) is 9.70. The number of pyridine rings is 1. The molecule has 1 amide bonds. The Morgan fingerprint density at radius 2 is 1.76 bits per heavy atom. The van der Waals surface area contributed by atoms with Crippen molar-refractivity contribution >= 4 is 11.6 Å². The van der Waals surface area contributed by atoms with Crippen LogP contribution in [0.3, 0.4) is 0 Å². The van der Waals surface area contributed by atoms with Gasteiger partial charge in [0, 0.05) is 48.5 Å². The van der Waals surface area contributed by atoms with Gasteiger partial charge in [-0.1, -0.05) is 0 Å². The molecule has 2 aromatic heterocycles. The Kier molecular flexibility index (Phi) is 6.57. The third-order valence-corrected chi connectivity index (χ3v) is 6.58. The van der Waals surface area contributed by atoms with Crippen LogP contribution < -0.4 is 10.1 Å². The van der Waals surface area contributed by atoms with Crippen molar-refractivity contribution in [3.8, 4) is 17.1 Å². The number of hydrogen-bond donors (Lipinski definition) is 1. The number of carbonyl (C=O) groups is 1. The molecule has 1 aromatic carbocycles. The first-order chi connectivity index (χ1) is 17.6. The Morgan fingerprint density at radius 1 is 1.05 bits per heavy atom. The van der Waals surface area contributed by atoms with E-state index in [0.29, 0.717) is 18.9 Å². The molecule has 1 aliphatic carbocycles. The predicted octanol–water partition coefficient (Wildman–Crippen LogP) is 5.53. The van der Waals surface area contributed by atoms with Gasteiger partial charge in [-0.15, -0.1) is 0 Å². The molecule has 1 saturated heterocycles. The second-order valence-corrected chi connectivity index (χ2v) is 9.63. The molecule has 1 N–H and O–H groups in total. The third-order valence-electron chi connectivity index (χ3n) is 6.58. The first-order valence-corrected chi connectivity index (χ1v) is 11.8. The number of nitrogens with one attached hydrogen (secondary N) is 1. The molecule has 37 heavy (non-hydrogen) atoms. The highest BCUT2D eigenvalue weighted by Crippen LogP contribution is 2.44. The number of anilines is 1. The van der Waals surface area contributed by atoms with Crippen molar-refractivity contribution in [3.05, 3.63) is 65.7 Å². The van der Waals surface area contributed by atoms with Crippen LogP contribution in [-0.4, -0.2) is 45.6 Å². The highest BCUT2D eigenvalue weighted by molar-refractivity contribution is 6.06. The molecule has 5 rings (SSSR count). The molecule has 2 aliphatic rings. The van der Waals surface area contributed by atoms with Gasteiger partial charge in [-0.3, -0.25) is 9.78 Å². The van der Waals surface area contributed by atoms with Crippen LogP contribution in [0.4, 0.5) is 23.2 Å². The number of ether oxygens (including phenoxy) is 2. The molecule has 2 fully saturated rings. The van der Waals surface area contributed by atoms with Crippen molar-refractivity contribution in [1.29, 1.82) is 0 Å². The number of halogens is 4. The number of amides is 1. The Labute approximate surface area is 210 Å². The van der Waals surface area contributed by atoms with Gasteiger partial charge >= 0.3 is 6.01 Å². The summed E-state index contributed by atoms with van der Waals surface area (Å²) in [6.07, 6.45) is 3.57. The van der Waals surface area contributed by atoms with Crippen LogP contribution in [-0.2, 0) is 4.74 Å². The van der Waals surface area contributed by atoms with Crippen molar-refractivity contribution < 1.29 is 31.8 Å². The van der Waals surface area contributed by atoms with E-state index in [2.05, 4.69) is 20.3 Å². The lowest BCUT2D eigenvalue weighted by Crippen LogP contribution is -2.52. The number of alkyl halides is 2. The maximum absolute atomic E-state index is 14.7. The zero-order chi connectivity index (χ0) is 26.2. The minimum Gasteiger partial charge on any atom is -0.452 e. The second-order valence-electron chi connectivity index (χ2n) is 9.63. The fourth-order valence-corrected chi connectivity index (χ4v) is 4.50. The number of carbonyl (C=O) groups excluding carboxylic acids is 1. The van der Waals surface area contributed by atoms with E-state index < -0.39 is 35.0 Å². The van der Waals surface area contributed by atoms with Crippen LogP contribution in [0.15, 0.2) is 42.9 Å². The lowest BCUT2D eigenvalue weighted by atomic mass is 9.83. The van der Waals surface area contributed by atoms with Gasteiger partial charge in [-0.2, -0.15) is 0 Å². The van der Waals surface area contributed by atoms with Gasteiger partial charge in [0.05, 0.1) is 30.2 Å². The SMILES string of the molecule is CC1(Oc2ncc(C(=O)Nc3c(-c4cc(F)ccc4F)ccnc3C3CCC(F)(F)CC3)cn2)COC1. The van der Waals surface area contributed by atoms with Crippen LogP contribution >= 0.6 is 0 Å². The summed E-state index contributed by atoms with van der Waals surface area (Å²) < 4.78 is 67.2. The van der Waals surface area contributed by atoms with E-state index in [-0.39, 0.29) is 54.1 Å². The van der Waals surface area contributed by atoms with Crippen molar-refractivity contribution in [2.75, 3.05) is 18.5 Å². The maximum Gasteiger partial charge on any atom is 0.317 e. The van der Waals surface area contributed by atoms with E-state index in [0.717, 1.165) is 18.2 Å². The van der Waals surface area contributed by atoms with Crippen molar-refractivity contribution in [3.63, 3.8) is 0 Å². The Bertz CT molecular complexity index is 1310. The average Bonchev–Trinajstić information content (AvgIpc) is 2.85. The number of nitrogens with zero attached hydrogens (tertiary/aromatic N) is 3. The molecule has 1 aliphatic heterocycles. The Balaban J connectivity index is 1.47. The summed E-state index contributed by atoms with van der Waals surface area (Å²) in [5.41, 5.74) is 0.116. The smallest absolute Gasteiger partial charge is 0.317 e. The highest BCUT2D eigenvalue weighted by Gasteiger charge is 2.38. The molecule has 7 nitrogen and oxygen atoms in total. The summed E-state index contributed by atoms with van der Waals surface area (Å²) >= 11 is 0. The molecule has 0 radical (unpaired) electrons. The van der Waals surface area contributed by atoms with E-state index in [4.69, 9.17) is 9.47 Å². The fraction of sp³-hybridized carbons (Fsp3) is 0.385. The number of benzene rings is 1. The van der Waals surface area contributed by atoms with Crippen molar-refractivity contribution in [2.45, 2.75) is 50.0 Å². The highest BCUT2D eigenvalue weighted by atomic mass is 19.3. The Hall–Kier alpha value is -3.60. The van der Waals surface area contributed by atoms with Gasteiger partial charge in [0.1, 0.15) is 11.6 Å². The average molecular weight is 516 g/mol. The molecule has 1 saturated carbocycles. The minimum atomic E-state index is -2.77. The summed E-state index contributed by atoms with van der Waals surface area (Å²) in [7, 11) is 0. The summed E-state index contributed by atoms with van der Waals surface area (Å²) in [5, 5.41) is 2.73. The summed E-state index contributed by atoms with van der Waals surface area (Å²) in [5.74, 6) is -5.17. The summed E-state index contributed by atoms with van der Waals surface area (Å²) in [6, 6.07) is 4.51. The monoisotopic (exact) mass is 516 g/mol. The lowest BCUT2D eigenvalue weighted by molar-refractivity contribution is -0.153. The van der Waals surface area contributed by atoms with Gasteiger partial charge in [0.2, 0.25) is 5.92 Å². The standard InChI is InChI=1S/C26H24F4N4O3/c1-25(13-36-14-25)37-24-32-11-16(12-33-24)23(35)34-22-18(19-10-17(27)2-3-20(19)28)6-9-31-21(22)15-4-7-26(29,30)8-5-15/h2-3,6,9-12,15H,4-5,7-8,13-14H2,1H3,(H,34,35). The van der Waals surface area contributed by atoms with Gasteiger partial charge in [0.25, 0.3) is 5.91 Å². The van der Waals surface area contributed by atoms with Crippen LogP contribution in [0.1, 0.15) is 54.6 Å². The van der Waals surface area contributed by atoms with Crippen molar-refractivity contribution in [1.82, 2.24) is 15.0 Å². The normalized spacial score (nSPS) is 18.6.